The maximum absolute atomic E-state index is 2.33. The minimum absolute atomic E-state index is 0.784. The Hall–Kier alpha value is -0.780. The van der Waals surface area contributed by atoms with Gasteiger partial charge in [0.2, 0.25) is 0 Å². The monoisotopic (exact) mass is 172 g/mol. The van der Waals surface area contributed by atoms with E-state index in [0.717, 1.165) is 11.3 Å². The summed E-state index contributed by atoms with van der Waals surface area (Å²) in [4.78, 5) is 0. The molecule has 2 saturated carbocycles. The predicted molar refractivity (Wildman–Crippen MR) is 54.8 cm³/mol. The fourth-order valence-corrected chi connectivity index (χ4v) is 2.95. The largest absolute Gasteiger partial charge is 0.0620 e. The molecule has 2 aliphatic carbocycles. The van der Waals surface area contributed by atoms with Gasteiger partial charge in [-0.1, -0.05) is 30.7 Å². The van der Waals surface area contributed by atoms with E-state index in [9.17, 15) is 0 Å². The second-order valence-corrected chi connectivity index (χ2v) is 4.83. The van der Waals surface area contributed by atoms with Crippen molar-refractivity contribution >= 4 is 0 Å². The summed E-state index contributed by atoms with van der Waals surface area (Å²) in [5, 5.41) is 0. The van der Waals surface area contributed by atoms with Crippen LogP contribution in [0.25, 0.3) is 0 Å². The molecule has 0 nitrogen and oxygen atoms in total. The minimum atomic E-state index is 0.784. The maximum Gasteiger partial charge on any atom is -0.00970 e. The van der Waals surface area contributed by atoms with E-state index in [0.29, 0.717) is 0 Å². The molecule has 3 rings (SSSR count). The molecule has 0 aliphatic heterocycles. The molecule has 2 aliphatic rings. The maximum atomic E-state index is 2.33. The second kappa shape index (κ2) is 2.37. The Morgan fingerprint density at radius 2 is 2.00 bits per heavy atom. The SMILES string of the molecule is Cc1ccccc1C1CC12CCC2. The molecule has 0 amide bonds. The minimum Gasteiger partial charge on any atom is -0.0620 e. The van der Waals surface area contributed by atoms with Crippen molar-refractivity contribution in [1.82, 2.24) is 0 Å². The zero-order valence-corrected chi connectivity index (χ0v) is 8.22. The Morgan fingerprint density at radius 3 is 2.54 bits per heavy atom. The Balaban J connectivity index is 1.91. The average Bonchev–Trinajstić information content (AvgIpc) is 2.79. The molecule has 1 spiro atoms. The first-order chi connectivity index (χ1) is 6.32. The van der Waals surface area contributed by atoms with Crippen LogP contribution in [0.2, 0.25) is 0 Å². The van der Waals surface area contributed by atoms with Gasteiger partial charge in [0.15, 0.2) is 0 Å². The van der Waals surface area contributed by atoms with Crippen LogP contribution >= 0.6 is 0 Å². The first-order valence-corrected chi connectivity index (χ1v) is 5.37. The molecule has 68 valence electrons. The Kier molecular flexibility index (Phi) is 1.39. The van der Waals surface area contributed by atoms with Crippen LogP contribution in [0.5, 0.6) is 0 Å². The van der Waals surface area contributed by atoms with Crippen LogP contribution in [0.1, 0.15) is 42.7 Å². The third kappa shape index (κ3) is 0.979. The van der Waals surface area contributed by atoms with E-state index in [1.807, 2.05) is 0 Å². The zero-order valence-electron chi connectivity index (χ0n) is 8.22. The van der Waals surface area contributed by atoms with Gasteiger partial charge in [0.25, 0.3) is 0 Å². The third-order valence-corrected chi connectivity index (χ3v) is 4.10. The highest BCUT2D eigenvalue weighted by molar-refractivity contribution is 5.37. The molecule has 0 N–H and O–H groups in total. The molecule has 0 bridgehead atoms. The highest BCUT2D eigenvalue weighted by Crippen LogP contribution is 2.70. The van der Waals surface area contributed by atoms with Crippen molar-refractivity contribution in [2.45, 2.75) is 38.5 Å². The van der Waals surface area contributed by atoms with Crippen LogP contribution < -0.4 is 0 Å². The lowest BCUT2D eigenvalue weighted by molar-refractivity contribution is 0.277. The molecule has 1 unspecified atom stereocenters. The van der Waals surface area contributed by atoms with Crippen LogP contribution in [-0.4, -0.2) is 0 Å². The topological polar surface area (TPSA) is 0 Å². The van der Waals surface area contributed by atoms with Crippen molar-refractivity contribution in [3.8, 4) is 0 Å². The van der Waals surface area contributed by atoms with Gasteiger partial charge in [-0.05, 0) is 48.6 Å². The molecular weight excluding hydrogens is 156 g/mol. The van der Waals surface area contributed by atoms with Crippen LogP contribution in [0, 0.1) is 12.3 Å². The lowest BCUT2D eigenvalue weighted by Gasteiger charge is -2.27. The van der Waals surface area contributed by atoms with E-state index in [-0.39, 0.29) is 0 Å². The summed E-state index contributed by atoms with van der Waals surface area (Å²) in [5.41, 5.74) is 3.91. The first-order valence-electron chi connectivity index (χ1n) is 5.37. The molecule has 0 aromatic heterocycles. The van der Waals surface area contributed by atoms with Crippen LogP contribution in [-0.2, 0) is 0 Å². The smallest absolute Gasteiger partial charge is 0.00970 e. The summed E-state index contributed by atoms with van der Waals surface area (Å²) < 4.78 is 0. The highest BCUT2D eigenvalue weighted by Gasteiger charge is 2.57. The molecule has 1 aromatic carbocycles. The van der Waals surface area contributed by atoms with Gasteiger partial charge >= 0.3 is 0 Å². The lowest BCUT2D eigenvalue weighted by atomic mass is 9.78. The van der Waals surface area contributed by atoms with Gasteiger partial charge in [-0.15, -0.1) is 0 Å². The first kappa shape index (κ1) is 7.61. The Bertz CT molecular complexity index is 334. The summed E-state index contributed by atoms with van der Waals surface area (Å²) in [6.45, 7) is 2.25. The second-order valence-electron chi connectivity index (χ2n) is 4.83. The molecule has 0 saturated heterocycles. The zero-order chi connectivity index (χ0) is 8.89. The Labute approximate surface area is 80.0 Å². The van der Waals surface area contributed by atoms with E-state index >= 15 is 0 Å². The molecule has 0 heteroatoms. The number of benzene rings is 1. The van der Waals surface area contributed by atoms with Crippen LogP contribution in [0.3, 0.4) is 0 Å². The summed E-state index contributed by atoms with van der Waals surface area (Å²) in [6.07, 6.45) is 5.93. The van der Waals surface area contributed by atoms with E-state index in [4.69, 9.17) is 0 Å². The van der Waals surface area contributed by atoms with Gasteiger partial charge in [-0.2, -0.15) is 0 Å². The van der Waals surface area contributed by atoms with Gasteiger partial charge in [0.05, 0.1) is 0 Å². The van der Waals surface area contributed by atoms with E-state index in [2.05, 4.69) is 31.2 Å². The van der Waals surface area contributed by atoms with Crippen molar-refractivity contribution in [3.63, 3.8) is 0 Å². The van der Waals surface area contributed by atoms with Crippen molar-refractivity contribution in [1.29, 1.82) is 0 Å². The molecule has 1 aromatic rings. The number of hydrogen-bond donors (Lipinski definition) is 0. The quantitative estimate of drug-likeness (QED) is 0.606. The normalized spacial score (nSPS) is 28.5. The number of rotatable bonds is 1. The van der Waals surface area contributed by atoms with Crippen molar-refractivity contribution in [2.75, 3.05) is 0 Å². The summed E-state index contributed by atoms with van der Waals surface area (Å²) in [7, 11) is 0. The standard InChI is InChI=1S/C13H16/c1-10-5-2-3-6-11(10)12-9-13(12)7-4-8-13/h2-3,5-6,12H,4,7-9H2,1H3. The van der Waals surface area contributed by atoms with E-state index in [1.54, 1.807) is 5.56 Å². The summed E-state index contributed by atoms with van der Waals surface area (Å²) >= 11 is 0. The number of aryl methyl sites for hydroxylation is 1. The van der Waals surface area contributed by atoms with Crippen molar-refractivity contribution in [3.05, 3.63) is 35.4 Å². The van der Waals surface area contributed by atoms with E-state index < -0.39 is 0 Å². The lowest BCUT2D eigenvalue weighted by Crippen LogP contribution is -2.14. The average molecular weight is 172 g/mol. The van der Waals surface area contributed by atoms with Gasteiger partial charge in [-0.25, -0.2) is 0 Å². The highest BCUT2D eigenvalue weighted by atomic mass is 14.6. The fourth-order valence-electron chi connectivity index (χ4n) is 2.95. The third-order valence-electron chi connectivity index (χ3n) is 4.10. The van der Waals surface area contributed by atoms with Gasteiger partial charge < -0.3 is 0 Å². The van der Waals surface area contributed by atoms with Crippen molar-refractivity contribution in [2.24, 2.45) is 5.41 Å². The molecule has 0 heterocycles. The van der Waals surface area contributed by atoms with Gasteiger partial charge in [0.1, 0.15) is 0 Å². The van der Waals surface area contributed by atoms with Gasteiger partial charge in [0, 0.05) is 0 Å². The molecule has 1 atom stereocenters. The number of hydrogen-bond acceptors (Lipinski definition) is 0. The van der Waals surface area contributed by atoms with Crippen LogP contribution in [0.15, 0.2) is 24.3 Å². The fraction of sp³-hybridized carbons (Fsp3) is 0.538. The van der Waals surface area contributed by atoms with E-state index in [1.165, 1.54) is 31.2 Å². The van der Waals surface area contributed by atoms with Crippen molar-refractivity contribution < 1.29 is 0 Å². The predicted octanol–water partition coefficient (Wildman–Crippen LogP) is 3.65. The van der Waals surface area contributed by atoms with Gasteiger partial charge in [-0.3, -0.25) is 0 Å². The molecule has 0 radical (unpaired) electrons. The molecular formula is C13H16. The summed E-state index contributed by atoms with van der Waals surface area (Å²) in [5.74, 6) is 0.919. The summed E-state index contributed by atoms with van der Waals surface area (Å²) in [6, 6.07) is 8.91. The molecule has 2 fully saturated rings. The van der Waals surface area contributed by atoms with Crippen LogP contribution in [0.4, 0.5) is 0 Å². The Morgan fingerprint density at radius 1 is 1.23 bits per heavy atom. The molecule has 13 heavy (non-hydrogen) atoms.